The molecule has 0 spiro atoms. The van der Waals surface area contributed by atoms with Gasteiger partial charge in [0, 0.05) is 16.9 Å². The number of amides is 1. The maximum atomic E-state index is 13.0. The van der Waals surface area contributed by atoms with Crippen LogP contribution in [0.1, 0.15) is 38.5 Å². The van der Waals surface area contributed by atoms with Gasteiger partial charge in [-0.05, 0) is 74.1 Å². The molecular formula is C31H35LiN4O5-2. The number of ether oxygens (including phenoxy) is 3. The van der Waals surface area contributed by atoms with Crippen molar-refractivity contribution in [2.75, 3.05) is 39.2 Å². The molecule has 0 aliphatic carbocycles. The van der Waals surface area contributed by atoms with Crippen LogP contribution in [0.25, 0.3) is 5.70 Å². The first-order valence-electron chi connectivity index (χ1n) is 12.8. The molecule has 4 rings (SSSR count). The fourth-order valence-corrected chi connectivity index (χ4v) is 3.87. The molecule has 2 heterocycles. The third-order valence-corrected chi connectivity index (χ3v) is 5.85. The number of nitrogens with one attached hydrogen (secondary N) is 2. The summed E-state index contributed by atoms with van der Waals surface area (Å²) >= 11 is 0. The van der Waals surface area contributed by atoms with Gasteiger partial charge in [0.2, 0.25) is 0 Å². The largest absolute Gasteiger partial charge is 1.00 e. The third-order valence-electron chi connectivity index (χ3n) is 5.85. The minimum Gasteiger partial charge on any atom is -0.495 e. The van der Waals surface area contributed by atoms with Gasteiger partial charge >= 0.3 is 24.8 Å². The maximum Gasteiger partial charge on any atom is 1.00 e. The summed E-state index contributed by atoms with van der Waals surface area (Å²) in [5.74, 6) is 0.419. The van der Waals surface area contributed by atoms with Crippen molar-refractivity contribution in [2.24, 2.45) is 0 Å². The van der Waals surface area contributed by atoms with E-state index in [1.54, 1.807) is 49.2 Å². The maximum absolute atomic E-state index is 13.0. The molecule has 1 amide bonds. The Hall–Kier alpha value is -3.77. The third kappa shape index (κ3) is 9.12. The second kappa shape index (κ2) is 17.1. The van der Waals surface area contributed by atoms with E-state index >= 15 is 0 Å². The number of benzene rings is 2. The summed E-state index contributed by atoms with van der Waals surface area (Å²) < 4.78 is 17.5. The number of carbonyl (C=O) groups excluding carboxylic acids is 2. The predicted octanol–water partition coefficient (Wildman–Crippen LogP) is 1.78. The summed E-state index contributed by atoms with van der Waals surface area (Å²) in [6.07, 6.45) is 7.58. The Kier molecular flexibility index (Phi) is 14.0. The van der Waals surface area contributed by atoms with Crippen molar-refractivity contribution in [1.82, 2.24) is 15.1 Å². The van der Waals surface area contributed by atoms with Gasteiger partial charge in [-0.2, -0.15) is 5.10 Å². The van der Waals surface area contributed by atoms with E-state index in [9.17, 15) is 9.59 Å². The number of nitrogens with zero attached hydrogens (tertiary/aromatic N) is 2. The summed E-state index contributed by atoms with van der Waals surface area (Å²) in [5.41, 5.74) is 3.80. The second-order valence-corrected chi connectivity index (χ2v) is 8.44. The number of allylic oxidation sites excluding steroid dienone is 3. The molecular weight excluding hydrogens is 515 g/mol. The molecule has 0 bridgehead atoms. The van der Waals surface area contributed by atoms with E-state index in [0.29, 0.717) is 22.7 Å². The molecule has 2 N–H and O–H groups in total. The quantitative estimate of drug-likeness (QED) is 0.238. The van der Waals surface area contributed by atoms with Crippen molar-refractivity contribution in [3.8, 4) is 11.5 Å². The Labute approximate surface area is 254 Å². The normalized spacial score (nSPS) is 13.8. The van der Waals surface area contributed by atoms with E-state index in [-0.39, 0.29) is 37.1 Å². The first-order chi connectivity index (χ1) is 19.4. The molecule has 0 fully saturated rings. The topological polar surface area (TPSA) is 104 Å². The van der Waals surface area contributed by atoms with Gasteiger partial charge in [-0.3, -0.25) is 4.79 Å². The Morgan fingerprint density at radius 1 is 0.976 bits per heavy atom. The zero-order chi connectivity index (χ0) is 28.9. The van der Waals surface area contributed by atoms with Gasteiger partial charge in [-0.25, -0.2) is 9.48 Å². The van der Waals surface area contributed by atoms with Crippen LogP contribution in [0.5, 0.6) is 11.5 Å². The molecule has 1 aliphatic heterocycles. The molecule has 0 radical (unpaired) electrons. The summed E-state index contributed by atoms with van der Waals surface area (Å²) in [6, 6.07) is 13.9. The number of esters is 1. The van der Waals surface area contributed by atoms with Gasteiger partial charge in [0.1, 0.15) is 0 Å². The minimum absolute atomic E-state index is 0. The van der Waals surface area contributed by atoms with Crippen molar-refractivity contribution >= 4 is 23.3 Å². The van der Waals surface area contributed by atoms with Gasteiger partial charge in [0.15, 0.2) is 17.2 Å². The summed E-state index contributed by atoms with van der Waals surface area (Å²) in [6.45, 7) is 12.2. The molecule has 2 aromatic carbocycles. The van der Waals surface area contributed by atoms with Gasteiger partial charge in [0.25, 0.3) is 5.91 Å². The Balaban J connectivity index is 0.000000902. The number of anilines is 1. The first kappa shape index (κ1) is 33.4. The van der Waals surface area contributed by atoms with Gasteiger partial charge in [-0.15, -0.1) is 13.1 Å². The summed E-state index contributed by atoms with van der Waals surface area (Å²) in [7, 11) is 3.18. The molecule has 1 aliphatic rings. The molecule has 1 aromatic heterocycles. The number of hydrogen-bond acceptors (Lipinski definition) is 7. The fraction of sp³-hybridized carbons (Fsp3) is 0.226. The Bertz CT molecular complexity index is 1350. The number of carbonyl (C=O) groups is 2. The Morgan fingerprint density at radius 2 is 1.68 bits per heavy atom. The molecule has 10 heteroatoms. The SMILES string of the molecule is [CH2-]CNC[CH2-].[CH2-]COC(=O)c1ccc(NC(=O)c2cc3n(n2)/C(c2ccc(OC)c(OC)c2)=C\C=C/CC3)cc1.[Li+]. The standard InChI is InChI=1S/C27H26N3O5.C4H9N.Li/c1-4-35-27(32)18-10-13-20(14-11-18)28-26(31)22-17-21-8-6-5-7-9-23(30(21)29-22)19-12-15-24(33-2)25(16-19)34-3;1-3-5-4-2;/h5,7,9-17H,1,4,6,8H2,2-3H3,(H,28,31);5H,1-4H2;/q-1;-2;+1/b7-5-,23-9-;;. The fourth-order valence-electron chi connectivity index (χ4n) is 3.87. The minimum atomic E-state index is -0.463. The second-order valence-electron chi connectivity index (χ2n) is 8.44. The number of fused-ring (bicyclic) bond motifs is 1. The number of methoxy groups -OCH3 is 2. The van der Waals surface area contributed by atoms with Crippen molar-refractivity contribution in [3.63, 3.8) is 0 Å². The first-order valence-corrected chi connectivity index (χ1v) is 12.8. The van der Waals surface area contributed by atoms with Crippen LogP contribution >= 0.6 is 0 Å². The number of rotatable bonds is 9. The summed E-state index contributed by atoms with van der Waals surface area (Å²) in [5, 5.41) is 10.3. The van der Waals surface area contributed by atoms with Gasteiger partial charge in [0.05, 0.1) is 25.5 Å². The van der Waals surface area contributed by atoms with Crippen LogP contribution in [0.3, 0.4) is 0 Å². The number of aromatic nitrogens is 2. The molecule has 0 saturated heterocycles. The van der Waals surface area contributed by atoms with E-state index in [0.717, 1.165) is 42.9 Å². The zero-order valence-electron chi connectivity index (χ0n) is 23.9. The summed E-state index contributed by atoms with van der Waals surface area (Å²) in [4.78, 5) is 24.8. The van der Waals surface area contributed by atoms with Crippen LogP contribution in [0.4, 0.5) is 5.69 Å². The average molecular weight is 551 g/mol. The van der Waals surface area contributed by atoms with Crippen LogP contribution in [0.15, 0.2) is 66.8 Å². The van der Waals surface area contributed by atoms with Gasteiger partial charge < -0.3 is 45.6 Å². The van der Waals surface area contributed by atoms with E-state index in [2.05, 4.69) is 42.6 Å². The predicted molar refractivity (Wildman–Crippen MR) is 156 cm³/mol. The van der Waals surface area contributed by atoms with Crippen LogP contribution in [0, 0.1) is 20.8 Å². The number of aryl methyl sites for hydroxylation is 1. The van der Waals surface area contributed by atoms with Crippen LogP contribution < -0.4 is 39.0 Å². The van der Waals surface area contributed by atoms with Crippen LogP contribution in [-0.4, -0.2) is 55.6 Å². The molecule has 0 atom stereocenters. The van der Waals surface area contributed by atoms with Crippen molar-refractivity contribution in [3.05, 3.63) is 110 Å². The molecule has 3 aromatic rings. The smallest absolute Gasteiger partial charge is 0.495 e. The van der Waals surface area contributed by atoms with Crippen molar-refractivity contribution in [2.45, 2.75) is 12.8 Å². The van der Waals surface area contributed by atoms with Gasteiger partial charge in [-0.1, -0.05) is 12.2 Å². The van der Waals surface area contributed by atoms with E-state index < -0.39 is 5.97 Å². The zero-order valence-corrected chi connectivity index (χ0v) is 23.9. The van der Waals surface area contributed by atoms with Crippen LogP contribution in [-0.2, 0) is 11.2 Å². The molecule has 0 saturated carbocycles. The van der Waals surface area contributed by atoms with E-state index in [4.69, 9.17) is 14.2 Å². The van der Waals surface area contributed by atoms with E-state index in [1.165, 1.54) is 0 Å². The van der Waals surface area contributed by atoms with Crippen LogP contribution in [0.2, 0.25) is 0 Å². The Morgan fingerprint density at radius 3 is 2.29 bits per heavy atom. The van der Waals surface area contributed by atoms with Crippen molar-refractivity contribution < 1.29 is 42.7 Å². The molecule has 0 unspecified atom stereocenters. The van der Waals surface area contributed by atoms with E-state index in [1.807, 2.05) is 30.4 Å². The monoisotopic (exact) mass is 550 g/mol. The number of hydrogen-bond donors (Lipinski definition) is 2. The molecule has 212 valence electrons. The average Bonchev–Trinajstić information content (AvgIpc) is 3.37. The van der Waals surface area contributed by atoms with Crippen molar-refractivity contribution in [1.29, 1.82) is 0 Å². The molecule has 9 nitrogen and oxygen atoms in total. The molecule has 41 heavy (non-hydrogen) atoms.